The number of para-hydroxylation sites is 1. The highest BCUT2D eigenvalue weighted by Crippen LogP contribution is 2.41. The number of nitrogens with one attached hydrogen (secondary N) is 2. The minimum absolute atomic E-state index is 0.00337. The molecule has 1 aromatic carbocycles. The number of nitrogens with zero attached hydrogens (tertiary/aromatic N) is 4. The molecule has 3 aromatic rings. The van der Waals surface area contributed by atoms with Gasteiger partial charge in [-0.15, -0.1) is 0 Å². The van der Waals surface area contributed by atoms with Crippen LogP contribution in [0.2, 0.25) is 0 Å². The van der Waals surface area contributed by atoms with Crippen LogP contribution in [0.25, 0.3) is 10.9 Å². The van der Waals surface area contributed by atoms with Crippen molar-refractivity contribution in [1.29, 1.82) is 0 Å². The number of alkyl carbamates (subject to hydrolysis) is 1. The summed E-state index contributed by atoms with van der Waals surface area (Å²) in [4.78, 5) is 22.4. The second kappa shape index (κ2) is 12.1. The van der Waals surface area contributed by atoms with E-state index in [1.54, 1.807) is 33.8 Å². The summed E-state index contributed by atoms with van der Waals surface area (Å²) in [5.74, 6) is 0.944. The van der Waals surface area contributed by atoms with Crippen molar-refractivity contribution in [1.82, 2.24) is 20.2 Å². The van der Waals surface area contributed by atoms with Gasteiger partial charge in [0.25, 0.3) is 0 Å². The van der Waals surface area contributed by atoms with Crippen LogP contribution in [-0.4, -0.2) is 63.7 Å². The molecule has 0 aliphatic carbocycles. The number of halogens is 3. The topological polar surface area (TPSA) is 101 Å². The molecule has 0 radical (unpaired) electrons. The van der Waals surface area contributed by atoms with E-state index in [0.29, 0.717) is 23.4 Å². The summed E-state index contributed by atoms with van der Waals surface area (Å²) >= 11 is 0. The molecule has 1 amide bonds. The van der Waals surface area contributed by atoms with E-state index in [0.717, 1.165) is 5.39 Å². The highest BCUT2D eigenvalue weighted by atomic mass is 19.4. The fraction of sp³-hybridized carbons (Fsp3) is 0.467. The van der Waals surface area contributed by atoms with Crippen LogP contribution in [0.4, 0.5) is 23.8 Å². The van der Waals surface area contributed by atoms with Crippen LogP contribution in [0, 0.1) is 0 Å². The predicted molar refractivity (Wildman–Crippen MR) is 156 cm³/mol. The number of aromatic nitrogens is 2. The number of amides is 1. The van der Waals surface area contributed by atoms with E-state index in [9.17, 15) is 18.0 Å². The Labute approximate surface area is 243 Å². The van der Waals surface area contributed by atoms with E-state index < -0.39 is 29.5 Å². The van der Waals surface area contributed by atoms with Crippen molar-refractivity contribution in [2.45, 2.75) is 77.4 Å². The number of rotatable bonds is 8. The maximum Gasteiger partial charge on any atom is 0.408 e. The molecule has 1 fully saturated rings. The number of alkyl halides is 3. The molecule has 226 valence electrons. The van der Waals surface area contributed by atoms with Crippen LogP contribution in [0.15, 0.2) is 53.8 Å². The number of ether oxygens (including phenoxy) is 2. The number of anilines is 1. The Morgan fingerprint density at radius 3 is 2.55 bits per heavy atom. The monoisotopic (exact) mass is 586 g/mol. The Hall–Kier alpha value is -3.93. The molecule has 2 atom stereocenters. The van der Waals surface area contributed by atoms with Gasteiger partial charge in [-0.1, -0.05) is 24.3 Å². The van der Waals surface area contributed by atoms with Crippen LogP contribution < -0.4 is 15.5 Å². The smallest absolute Gasteiger partial charge is 0.408 e. The van der Waals surface area contributed by atoms with Gasteiger partial charge in [-0.3, -0.25) is 10.3 Å². The van der Waals surface area contributed by atoms with Crippen molar-refractivity contribution in [3.8, 4) is 5.75 Å². The molecular weight excluding hydrogens is 549 g/mol. The fourth-order valence-corrected chi connectivity index (χ4v) is 4.83. The summed E-state index contributed by atoms with van der Waals surface area (Å²) in [6.45, 7) is 10.9. The van der Waals surface area contributed by atoms with E-state index in [-0.39, 0.29) is 30.6 Å². The summed E-state index contributed by atoms with van der Waals surface area (Å²) in [7, 11) is 0. The van der Waals surface area contributed by atoms with E-state index in [2.05, 4.69) is 25.8 Å². The van der Waals surface area contributed by atoms with Gasteiger partial charge in [0.2, 0.25) is 0 Å². The molecule has 0 unspecified atom stereocenters. The first-order valence-electron chi connectivity index (χ1n) is 13.8. The first-order chi connectivity index (χ1) is 19.6. The zero-order chi connectivity index (χ0) is 30.7. The summed E-state index contributed by atoms with van der Waals surface area (Å²) in [6.07, 6.45) is -2.18. The normalized spacial score (nSPS) is 18.9. The largest absolute Gasteiger partial charge is 0.489 e. The van der Waals surface area contributed by atoms with E-state index >= 15 is 0 Å². The molecule has 3 heterocycles. The number of hydrazone groups is 1. The minimum Gasteiger partial charge on any atom is -0.489 e. The lowest BCUT2D eigenvalue weighted by molar-refractivity contribution is -0.184. The highest BCUT2D eigenvalue weighted by molar-refractivity contribution is 5.88. The second-order valence-electron chi connectivity index (χ2n) is 11.9. The first-order valence-corrected chi connectivity index (χ1v) is 13.8. The molecule has 2 aromatic heterocycles. The fourth-order valence-electron chi connectivity index (χ4n) is 4.83. The number of hydrogen-bond donors (Lipinski definition) is 2. The maximum absolute atomic E-state index is 14.3. The third-order valence-corrected chi connectivity index (χ3v) is 6.53. The SMILES string of the molecule is CC(C)Oc1cccc2ccc(/C=N\Nc3ccc([C@H](N4CC[C@](C)(NC(=O)OC(C)(C)C)C4)C(F)(F)F)cn3)nc12. The molecule has 12 heteroatoms. The number of hydrogen-bond acceptors (Lipinski definition) is 8. The van der Waals surface area contributed by atoms with Gasteiger partial charge in [0.05, 0.1) is 23.6 Å². The van der Waals surface area contributed by atoms with Gasteiger partial charge in [0, 0.05) is 24.7 Å². The number of benzene rings is 1. The van der Waals surface area contributed by atoms with Crippen LogP contribution >= 0.6 is 0 Å². The van der Waals surface area contributed by atoms with Crippen molar-refractivity contribution in [3.63, 3.8) is 0 Å². The minimum atomic E-state index is -4.55. The summed E-state index contributed by atoms with van der Waals surface area (Å²) < 4.78 is 53.9. The number of carbonyl (C=O) groups is 1. The standard InChI is InChI=1S/C30H37F3N6O3/c1-19(2)41-23-9-7-8-20-10-12-22(36-25(20)23)17-35-38-24-13-11-21(16-34-24)26(30(31,32)33)39-15-14-29(6,18-39)37-27(40)42-28(3,4)5/h7-13,16-17,19,26H,14-15,18H2,1-6H3,(H,34,38)(H,37,40)/b35-17-/t26-,29-/m0/s1. The van der Waals surface area contributed by atoms with Crippen molar-refractivity contribution in [3.05, 3.63) is 59.9 Å². The van der Waals surface area contributed by atoms with Crippen LogP contribution in [0.1, 0.15) is 65.3 Å². The third-order valence-electron chi connectivity index (χ3n) is 6.53. The highest BCUT2D eigenvalue weighted by Gasteiger charge is 2.49. The molecule has 0 bridgehead atoms. The molecule has 0 spiro atoms. The predicted octanol–water partition coefficient (Wildman–Crippen LogP) is 6.46. The van der Waals surface area contributed by atoms with Gasteiger partial charge < -0.3 is 14.8 Å². The molecule has 0 saturated carbocycles. The van der Waals surface area contributed by atoms with Crippen LogP contribution in [0.3, 0.4) is 0 Å². The van der Waals surface area contributed by atoms with Gasteiger partial charge in [0.15, 0.2) is 0 Å². The van der Waals surface area contributed by atoms with Gasteiger partial charge in [-0.25, -0.2) is 14.8 Å². The average molecular weight is 587 g/mol. The summed E-state index contributed by atoms with van der Waals surface area (Å²) in [5.41, 5.74) is 2.43. The van der Waals surface area contributed by atoms with Gasteiger partial charge in [-0.2, -0.15) is 18.3 Å². The molecule has 1 aliphatic heterocycles. The number of fused-ring (bicyclic) bond motifs is 1. The molecule has 1 saturated heterocycles. The lowest BCUT2D eigenvalue weighted by atomic mass is 10.0. The Bertz CT molecular complexity index is 1420. The first kappa shape index (κ1) is 31.0. The van der Waals surface area contributed by atoms with Crippen molar-refractivity contribution >= 4 is 29.0 Å². The molecule has 1 aliphatic rings. The molecule has 42 heavy (non-hydrogen) atoms. The molecule has 2 N–H and O–H groups in total. The average Bonchev–Trinajstić information content (AvgIpc) is 3.23. The lowest BCUT2D eigenvalue weighted by Crippen LogP contribution is -2.50. The van der Waals surface area contributed by atoms with Crippen molar-refractivity contribution in [2.24, 2.45) is 5.10 Å². The molecular formula is C30H37F3N6O3. The van der Waals surface area contributed by atoms with Crippen LogP contribution in [0.5, 0.6) is 5.75 Å². The van der Waals surface area contributed by atoms with Gasteiger partial charge in [0.1, 0.15) is 28.7 Å². The Kier molecular flexibility index (Phi) is 8.95. The number of carbonyl (C=O) groups excluding carboxylic acids is 1. The molecule has 9 nitrogen and oxygen atoms in total. The Morgan fingerprint density at radius 1 is 1.14 bits per heavy atom. The number of likely N-dealkylation sites (tertiary alicyclic amines) is 1. The van der Waals surface area contributed by atoms with E-state index in [1.165, 1.54) is 29.4 Å². The molecule has 4 rings (SSSR count). The van der Waals surface area contributed by atoms with Crippen LogP contribution in [-0.2, 0) is 4.74 Å². The maximum atomic E-state index is 14.3. The second-order valence-corrected chi connectivity index (χ2v) is 11.9. The van der Waals surface area contributed by atoms with Gasteiger partial charge >= 0.3 is 12.3 Å². The zero-order valence-electron chi connectivity index (χ0n) is 24.6. The Morgan fingerprint density at radius 2 is 1.90 bits per heavy atom. The van der Waals surface area contributed by atoms with E-state index in [4.69, 9.17) is 9.47 Å². The van der Waals surface area contributed by atoms with Crippen molar-refractivity contribution < 1.29 is 27.4 Å². The zero-order valence-corrected chi connectivity index (χ0v) is 24.6. The third kappa shape index (κ3) is 8.09. The Balaban J connectivity index is 1.43. The summed E-state index contributed by atoms with van der Waals surface area (Å²) in [5, 5.41) is 7.82. The van der Waals surface area contributed by atoms with E-state index in [1.807, 2.05) is 38.1 Å². The van der Waals surface area contributed by atoms with Gasteiger partial charge in [-0.05, 0) is 71.7 Å². The van der Waals surface area contributed by atoms with Crippen molar-refractivity contribution in [2.75, 3.05) is 18.5 Å². The number of pyridine rings is 2. The summed E-state index contributed by atoms with van der Waals surface area (Å²) in [6, 6.07) is 10.4. The lowest BCUT2D eigenvalue weighted by Gasteiger charge is -2.32. The quantitative estimate of drug-likeness (QED) is 0.231.